The molecule has 0 spiro atoms. The molecule has 0 aliphatic carbocycles. The molecule has 4 rings (SSSR count). The fourth-order valence-corrected chi connectivity index (χ4v) is 5.55. The number of amides is 1. The minimum atomic E-state index is -0.339. The van der Waals surface area contributed by atoms with Crippen molar-refractivity contribution in [2.45, 2.75) is 36.7 Å². The number of halogens is 1. The molecular formula is C20H24BrN5O3S. The van der Waals surface area contributed by atoms with Gasteiger partial charge in [0, 0.05) is 37.1 Å². The van der Waals surface area contributed by atoms with Crippen molar-refractivity contribution in [2.24, 2.45) is 0 Å². The highest BCUT2D eigenvalue weighted by Crippen LogP contribution is 2.41. The van der Waals surface area contributed by atoms with Gasteiger partial charge in [0.05, 0.1) is 12.6 Å². The molecule has 2 atom stereocenters. The monoisotopic (exact) mass is 493 g/mol. The van der Waals surface area contributed by atoms with E-state index in [1.807, 2.05) is 32.0 Å². The molecule has 2 aliphatic heterocycles. The third kappa shape index (κ3) is 4.13. The van der Waals surface area contributed by atoms with Crippen molar-refractivity contribution in [2.75, 3.05) is 32.8 Å². The third-order valence-electron chi connectivity index (χ3n) is 5.33. The highest BCUT2D eigenvalue weighted by Gasteiger charge is 2.43. The van der Waals surface area contributed by atoms with Gasteiger partial charge in [-0.2, -0.15) is 4.68 Å². The minimum Gasteiger partial charge on any atom is -0.450 e. The van der Waals surface area contributed by atoms with Crippen LogP contribution in [0.25, 0.3) is 0 Å². The second-order valence-electron chi connectivity index (χ2n) is 7.17. The lowest BCUT2D eigenvalue weighted by Crippen LogP contribution is -2.52. The zero-order chi connectivity index (χ0) is 21.3. The van der Waals surface area contributed by atoms with Crippen LogP contribution in [0.1, 0.15) is 36.1 Å². The molecule has 2 aliphatic rings. The summed E-state index contributed by atoms with van der Waals surface area (Å²) in [5, 5.41) is 4.69. The number of rotatable bonds is 5. The molecule has 2 unspecified atom stereocenters. The van der Waals surface area contributed by atoms with Gasteiger partial charge in [-0.25, -0.2) is 9.78 Å². The first-order valence-electron chi connectivity index (χ1n) is 10.1. The Kier molecular flexibility index (Phi) is 6.45. The number of thioether (sulfide) groups is 1. The average Bonchev–Trinajstić information content (AvgIpc) is 3.28. The van der Waals surface area contributed by atoms with Crippen molar-refractivity contribution in [1.29, 1.82) is 0 Å². The zero-order valence-electron chi connectivity index (χ0n) is 17.0. The molecule has 2 aromatic rings. The Morgan fingerprint density at radius 1 is 1.30 bits per heavy atom. The number of carbonyl (C=O) groups excluding carboxylic acids is 2. The summed E-state index contributed by atoms with van der Waals surface area (Å²) in [6, 6.07) is 7.92. The number of hydrogen-bond donors (Lipinski definition) is 0. The van der Waals surface area contributed by atoms with Gasteiger partial charge in [-0.15, -0.1) is 5.10 Å². The van der Waals surface area contributed by atoms with Crippen molar-refractivity contribution < 1.29 is 14.3 Å². The standard InChI is InChI=1S/C20H24BrN5O3S/c1-3-15-22-19-26(23-15)18(27)17(30-19)16(13-6-5-7-14(21)12-13)24-8-10-25(11-9-24)20(28)29-4-2/h5-7,12,16-17H,3-4,8-11H2,1-2H3. The molecule has 0 radical (unpaired) electrons. The molecule has 3 heterocycles. The van der Waals surface area contributed by atoms with Gasteiger partial charge in [0.25, 0.3) is 5.91 Å². The molecular weight excluding hydrogens is 470 g/mol. The number of hydrogen-bond acceptors (Lipinski definition) is 7. The molecule has 0 saturated carbocycles. The van der Waals surface area contributed by atoms with E-state index in [-0.39, 0.29) is 23.3 Å². The van der Waals surface area contributed by atoms with E-state index in [9.17, 15) is 9.59 Å². The summed E-state index contributed by atoms with van der Waals surface area (Å²) < 4.78 is 7.55. The number of nitrogens with zero attached hydrogens (tertiary/aromatic N) is 5. The second-order valence-corrected chi connectivity index (χ2v) is 9.20. The maximum Gasteiger partial charge on any atom is 0.409 e. The Labute approximate surface area is 188 Å². The first-order valence-corrected chi connectivity index (χ1v) is 11.8. The fourth-order valence-electron chi connectivity index (χ4n) is 3.86. The first kappa shape index (κ1) is 21.3. The summed E-state index contributed by atoms with van der Waals surface area (Å²) in [4.78, 5) is 33.8. The topological polar surface area (TPSA) is 80.6 Å². The van der Waals surface area contributed by atoms with Crippen LogP contribution in [0.3, 0.4) is 0 Å². The summed E-state index contributed by atoms with van der Waals surface area (Å²) in [6.45, 7) is 6.61. The van der Waals surface area contributed by atoms with Crippen LogP contribution in [0.2, 0.25) is 0 Å². The molecule has 8 nitrogen and oxygen atoms in total. The van der Waals surface area contributed by atoms with E-state index in [0.29, 0.717) is 50.2 Å². The van der Waals surface area contributed by atoms with Gasteiger partial charge in [-0.3, -0.25) is 9.69 Å². The molecule has 160 valence electrons. The fraction of sp³-hybridized carbons (Fsp3) is 0.500. The minimum absolute atomic E-state index is 0.0417. The van der Waals surface area contributed by atoms with Gasteiger partial charge in [-0.05, 0) is 24.6 Å². The van der Waals surface area contributed by atoms with Crippen LogP contribution < -0.4 is 0 Å². The maximum absolute atomic E-state index is 13.2. The van der Waals surface area contributed by atoms with Crippen LogP contribution in [0.15, 0.2) is 33.9 Å². The summed E-state index contributed by atoms with van der Waals surface area (Å²) in [7, 11) is 0. The van der Waals surface area contributed by atoms with Crippen molar-refractivity contribution in [3.05, 3.63) is 40.1 Å². The highest BCUT2D eigenvalue weighted by molar-refractivity contribution is 9.10. The van der Waals surface area contributed by atoms with Crippen molar-refractivity contribution >= 4 is 39.7 Å². The summed E-state index contributed by atoms with van der Waals surface area (Å²) in [5.41, 5.74) is 1.06. The van der Waals surface area contributed by atoms with Gasteiger partial charge in [0.15, 0.2) is 11.0 Å². The van der Waals surface area contributed by atoms with Gasteiger partial charge in [-0.1, -0.05) is 46.7 Å². The predicted octanol–water partition coefficient (Wildman–Crippen LogP) is 3.23. The summed E-state index contributed by atoms with van der Waals surface area (Å²) in [5.74, 6) is 0.645. The number of carbonyl (C=O) groups is 2. The van der Waals surface area contributed by atoms with Crippen LogP contribution in [0.5, 0.6) is 0 Å². The van der Waals surface area contributed by atoms with Crippen LogP contribution >= 0.6 is 27.7 Å². The van der Waals surface area contributed by atoms with Crippen molar-refractivity contribution in [1.82, 2.24) is 24.6 Å². The normalized spacial score (nSPS) is 20.3. The van der Waals surface area contributed by atoms with Crippen molar-refractivity contribution in [3.63, 3.8) is 0 Å². The Balaban J connectivity index is 1.58. The molecule has 10 heteroatoms. The van der Waals surface area contributed by atoms with Crippen LogP contribution in [-0.4, -0.2) is 74.6 Å². The first-order chi connectivity index (χ1) is 14.5. The molecule has 1 aromatic carbocycles. The molecule has 0 bridgehead atoms. The Morgan fingerprint density at radius 2 is 2.07 bits per heavy atom. The molecule has 1 amide bonds. The smallest absolute Gasteiger partial charge is 0.409 e. The van der Waals surface area contributed by atoms with E-state index >= 15 is 0 Å². The predicted molar refractivity (Wildman–Crippen MR) is 117 cm³/mol. The van der Waals surface area contributed by atoms with Gasteiger partial charge in [0.2, 0.25) is 0 Å². The lowest BCUT2D eigenvalue weighted by atomic mass is 10.00. The number of fused-ring (bicyclic) bond motifs is 1. The number of piperazine rings is 1. The highest BCUT2D eigenvalue weighted by atomic mass is 79.9. The molecule has 1 saturated heterocycles. The average molecular weight is 494 g/mol. The third-order valence-corrected chi connectivity index (χ3v) is 7.01. The zero-order valence-corrected chi connectivity index (χ0v) is 19.4. The Bertz CT molecular complexity index is 944. The summed E-state index contributed by atoms with van der Waals surface area (Å²) in [6.07, 6.45) is 0.419. The molecule has 1 fully saturated rings. The SMILES string of the molecule is CCOC(=O)N1CCN(C(c2cccc(Br)c2)C2Sc3nc(CC)nn3C2=O)CC1. The van der Waals surface area contributed by atoms with Crippen LogP contribution in [0, 0.1) is 0 Å². The largest absolute Gasteiger partial charge is 0.450 e. The van der Waals surface area contributed by atoms with E-state index in [1.165, 1.54) is 16.4 Å². The molecule has 1 aromatic heterocycles. The molecule has 0 N–H and O–H groups in total. The Morgan fingerprint density at radius 3 is 2.70 bits per heavy atom. The van der Waals surface area contributed by atoms with E-state index in [4.69, 9.17) is 4.74 Å². The second kappa shape index (κ2) is 9.07. The number of aromatic nitrogens is 3. The summed E-state index contributed by atoms with van der Waals surface area (Å²) >= 11 is 5.03. The lowest BCUT2D eigenvalue weighted by Gasteiger charge is -2.40. The van der Waals surface area contributed by atoms with Crippen LogP contribution in [0.4, 0.5) is 4.79 Å². The Hall–Kier alpha value is -1.91. The van der Waals surface area contributed by atoms with E-state index in [2.05, 4.69) is 37.0 Å². The maximum atomic E-state index is 13.2. The van der Waals surface area contributed by atoms with Gasteiger partial charge >= 0.3 is 6.09 Å². The van der Waals surface area contributed by atoms with Crippen LogP contribution in [-0.2, 0) is 11.2 Å². The van der Waals surface area contributed by atoms with E-state index in [1.54, 1.807) is 4.90 Å². The lowest BCUT2D eigenvalue weighted by molar-refractivity contribution is 0.0600. The number of ether oxygens (including phenoxy) is 1. The quantitative estimate of drug-likeness (QED) is 0.632. The molecule has 30 heavy (non-hydrogen) atoms. The van der Waals surface area contributed by atoms with E-state index in [0.717, 1.165) is 10.0 Å². The number of aryl methyl sites for hydroxylation is 1. The van der Waals surface area contributed by atoms with Gasteiger partial charge in [0.1, 0.15) is 5.25 Å². The number of benzene rings is 1. The van der Waals surface area contributed by atoms with Gasteiger partial charge < -0.3 is 9.64 Å². The van der Waals surface area contributed by atoms with E-state index < -0.39 is 0 Å². The van der Waals surface area contributed by atoms with Crippen molar-refractivity contribution in [3.8, 4) is 0 Å².